The molecule has 0 aromatic heterocycles. The van der Waals surface area contributed by atoms with Crippen LogP contribution in [-0.2, 0) is 10.0 Å². The Morgan fingerprint density at radius 3 is 2.28 bits per heavy atom. The van der Waals surface area contributed by atoms with Crippen molar-refractivity contribution in [1.82, 2.24) is 4.90 Å². The normalized spacial score (nSPS) is 13.6. The van der Waals surface area contributed by atoms with Crippen LogP contribution in [0.1, 0.15) is 25.5 Å². The second-order valence-corrected chi connectivity index (χ2v) is 6.22. The van der Waals surface area contributed by atoms with Crippen LogP contribution < -0.4 is 5.14 Å². The van der Waals surface area contributed by atoms with E-state index in [1.165, 1.54) is 12.1 Å². The summed E-state index contributed by atoms with van der Waals surface area (Å²) < 4.78 is 22.3. The number of nitrogens with zero attached hydrogens (tertiary/aromatic N) is 1. The molecule has 4 nitrogen and oxygen atoms in total. The average Bonchev–Trinajstić information content (AvgIpc) is 2.26. The Labute approximate surface area is 109 Å². The quantitative estimate of drug-likeness (QED) is 0.830. The van der Waals surface area contributed by atoms with E-state index in [2.05, 4.69) is 18.4 Å². The van der Waals surface area contributed by atoms with Gasteiger partial charge in [-0.2, -0.15) is 0 Å². The summed E-state index contributed by atoms with van der Waals surface area (Å²) in [6, 6.07) is 6.85. The first kappa shape index (κ1) is 14.9. The molecule has 0 saturated heterocycles. The van der Waals surface area contributed by atoms with Gasteiger partial charge in [-0.15, -0.1) is 0 Å². The van der Waals surface area contributed by atoms with E-state index < -0.39 is 10.0 Å². The Morgan fingerprint density at radius 1 is 1.39 bits per heavy atom. The Balaban J connectivity index is 2.88. The maximum Gasteiger partial charge on any atom is 0.238 e. The molecule has 5 heteroatoms. The van der Waals surface area contributed by atoms with E-state index in [4.69, 9.17) is 5.14 Å². The molecule has 0 spiro atoms. The minimum absolute atomic E-state index is 0.140. The fraction of sp³-hybridized carbons (Fsp3) is 0.385. The Hall–Kier alpha value is -1.17. The van der Waals surface area contributed by atoms with E-state index in [0.717, 1.165) is 17.7 Å². The molecule has 1 aromatic carbocycles. The van der Waals surface area contributed by atoms with Gasteiger partial charge in [0.15, 0.2) is 0 Å². The molecule has 18 heavy (non-hydrogen) atoms. The standard InChI is InChI=1S/C13H20N2O2S/c1-10(2)9-15(4)11(3)12-5-7-13(8-6-12)18(14,16)17/h5-8,11H,1,9H2,2-4H3,(H2,14,16,17)/t11-/m0/s1. The van der Waals surface area contributed by atoms with Crippen LogP contribution in [-0.4, -0.2) is 26.9 Å². The monoisotopic (exact) mass is 268 g/mol. The van der Waals surface area contributed by atoms with Crippen molar-refractivity contribution in [3.8, 4) is 0 Å². The van der Waals surface area contributed by atoms with Gasteiger partial charge in [-0.25, -0.2) is 13.6 Å². The average molecular weight is 268 g/mol. The van der Waals surface area contributed by atoms with Gasteiger partial charge in [0.1, 0.15) is 0 Å². The minimum Gasteiger partial charge on any atom is -0.296 e. The highest BCUT2D eigenvalue weighted by Crippen LogP contribution is 2.20. The number of hydrogen-bond donors (Lipinski definition) is 1. The summed E-state index contributed by atoms with van der Waals surface area (Å²) >= 11 is 0. The summed E-state index contributed by atoms with van der Waals surface area (Å²) in [6.07, 6.45) is 0. The van der Waals surface area contributed by atoms with Crippen molar-refractivity contribution in [1.29, 1.82) is 0 Å². The predicted octanol–water partition coefficient (Wildman–Crippen LogP) is 1.90. The molecule has 1 rings (SSSR count). The van der Waals surface area contributed by atoms with Crippen LogP contribution in [0.5, 0.6) is 0 Å². The van der Waals surface area contributed by atoms with Gasteiger partial charge in [-0.3, -0.25) is 4.90 Å². The number of hydrogen-bond acceptors (Lipinski definition) is 3. The highest BCUT2D eigenvalue weighted by molar-refractivity contribution is 7.89. The maximum absolute atomic E-state index is 11.1. The zero-order valence-electron chi connectivity index (χ0n) is 11.1. The lowest BCUT2D eigenvalue weighted by Crippen LogP contribution is -2.24. The SMILES string of the molecule is C=C(C)CN(C)[C@@H](C)c1ccc(S(N)(=O)=O)cc1. The number of nitrogens with two attached hydrogens (primary N) is 1. The van der Waals surface area contributed by atoms with Crippen molar-refractivity contribution in [2.75, 3.05) is 13.6 Å². The minimum atomic E-state index is -3.61. The van der Waals surface area contributed by atoms with Crippen molar-refractivity contribution in [2.24, 2.45) is 5.14 Å². The van der Waals surface area contributed by atoms with E-state index in [9.17, 15) is 8.42 Å². The fourth-order valence-electron chi connectivity index (χ4n) is 1.75. The van der Waals surface area contributed by atoms with Gasteiger partial charge in [0.2, 0.25) is 10.0 Å². The molecule has 0 aliphatic rings. The van der Waals surface area contributed by atoms with Crippen molar-refractivity contribution >= 4 is 10.0 Å². The number of primary sulfonamides is 1. The smallest absolute Gasteiger partial charge is 0.238 e. The molecule has 0 aliphatic heterocycles. The Morgan fingerprint density at radius 2 is 1.89 bits per heavy atom. The Kier molecular flexibility index (Phi) is 4.67. The van der Waals surface area contributed by atoms with Gasteiger partial charge in [0.05, 0.1) is 4.90 Å². The molecule has 1 atom stereocenters. The molecule has 0 amide bonds. The molecular formula is C13H20N2O2S. The van der Waals surface area contributed by atoms with Crippen molar-refractivity contribution in [3.05, 3.63) is 42.0 Å². The molecule has 0 radical (unpaired) electrons. The van der Waals surface area contributed by atoms with Crippen LogP contribution in [0.3, 0.4) is 0 Å². The van der Waals surface area contributed by atoms with Gasteiger partial charge in [0, 0.05) is 12.6 Å². The lowest BCUT2D eigenvalue weighted by molar-refractivity contribution is 0.284. The molecule has 0 bridgehead atoms. The largest absolute Gasteiger partial charge is 0.296 e. The predicted molar refractivity (Wildman–Crippen MR) is 73.7 cm³/mol. The summed E-state index contributed by atoms with van der Waals surface area (Å²) in [6.45, 7) is 8.73. The lowest BCUT2D eigenvalue weighted by Gasteiger charge is -2.25. The molecule has 100 valence electrons. The molecular weight excluding hydrogens is 248 g/mol. The summed E-state index contributed by atoms with van der Waals surface area (Å²) in [7, 11) is -1.61. The third-order valence-electron chi connectivity index (χ3n) is 2.87. The molecule has 0 aliphatic carbocycles. The zero-order chi connectivity index (χ0) is 13.9. The van der Waals surface area contributed by atoms with E-state index >= 15 is 0 Å². The second kappa shape index (κ2) is 5.65. The van der Waals surface area contributed by atoms with Gasteiger partial charge in [0.25, 0.3) is 0 Å². The second-order valence-electron chi connectivity index (χ2n) is 4.66. The fourth-order valence-corrected chi connectivity index (χ4v) is 2.27. The summed E-state index contributed by atoms with van der Waals surface area (Å²) in [5.41, 5.74) is 2.14. The third-order valence-corrected chi connectivity index (χ3v) is 3.80. The highest BCUT2D eigenvalue weighted by atomic mass is 32.2. The van der Waals surface area contributed by atoms with Gasteiger partial charge >= 0.3 is 0 Å². The molecule has 1 aromatic rings. The highest BCUT2D eigenvalue weighted by Gasteiger charge is 2.13. The van der Waals surface area contributed by atoms with Crippen LogP contribution in [0.4, 0.5) is 0 Å². The van der Waals surface area contributed by atoms with Crippen LogP contribution in [0, 0.1) is 0 Å². The summed E-state index contributed by atoms with van der Waals surface area (Å²) in [4.78, 5) is 2.29. The number of likely N-dealkylation sites (N-methyl/N-ethyl adjacent to an activating group) is 1. The van der Waals surface area contributed by atoms with E-state index in [1.807, 2.05) is 14.0 Å². The van der Waals surface area contributed by atoms with Gasteiger partial charge < -0.3 is 0 Å². The zero-order valence-corrected chi connectivity index (χ0v) is 11.9. The van der Waals surface area contributed by atoms with E-state index in [0.29, 0.717) is 0 Å². The summed E-state index contributed by atoms with van der Waals surface area (Å²) in [5, 5.41) is 5.06. The number of rotatable bonds is 5. The number of benzene rings is 1. The molecule has 0 fully saturated rings. The number of sulfonamides is 1. The Bertz CT molecular complexity index is 520. The molecule has 0 saturated carbocycles. The van der Waals surface area contributed by atoms with Crippen LogP contribution >= 0.6 is 0 Å². The lowest BCUT2D eigenvalue weighted by atomic mass is 10.1. The van der Waals surface area contributed by atoms with Crippen molar-refractivity contribution < 1.29 is 8.42 Å². The van der Waals surface area contributed by atoms with Crippen LogP contribution in [0.25, 0.3) is 0 Å². The van der Waals surface area contributed by atoms with Crippen molar-refractivity contribution in [3.63, 3.8) is 0 Å². The maximum atomic E-state index is 11.1. The van der Waals surface area contributed by atoms with Crippen LogP contribution in [0.15, 0.2) is 41.3 Å². The van der Waals surface area contributed by atoms with Gasteiger partial charge in [-0.05, 0) is 38.6 Å². The first-order valence-corrected chi connectivity index (χ1v) is 7.24. The first-order valence-electron chi connectivity index (χ1n) is 5.69. The van der Waals surface area contributed by atoms with Crippen LogP contribution in [0.2, 0.25) is 0 Å². The topological polar surface area (TPSA) is 63.4 Å². The molecule has 0 heterocycles. The first-order chi connectivity index (χ1) is 8.21. The van der Waals surface area contributed by atoms with Crippen molar-refractivity contribution in [2.45, 2.75) is 24.8 Å². The van der Waals surface area contributed by atoms with Gasteiger partial charge in [-0.1, -0.05) is 24.3 Å². The van der Waals surface area contributed by atoms with E-state index in [-0.39, 0.29) is 10.9 Å². The molecule has 0 unspecified atom stereocenters. The molecule has 2 N–H and O–H groups in total. The van der Waals surface area contributed by atoms with E-state index in [1.54, 1.807) is 12.1 Å². The third kappa shape index (κ3) is 3.94. The summed E-state index contributed by atoms with van der Waals surface area (Å²) in [5.74, 6) is 0.